The Labute approximate surface area is 140 Å². The van der Waals surface area contributed by atoms with Crippen molar-refractivity contribution in [3.05, 3.63) is 16.0 Å². The molecular weight excluding hydrogens is 342 g/mol. The Morgan fingerprint density at radius 1 is 1.17 bits per heavy atom. The van der Waals surface area contributed by atoms with Gasteiger partial charge in [-0.1, -0.05) is 13.8 Å². The lowest BCUT2D eigenvalue weighted by Crippen LogP contribution is -2.26. The molecule has 1 aromatic heterocycles. The van der Waals surface area contributed by atoms with Crippen molar-refractivity contribution in [2.45, 2.75) is 31.4 Å². The van der Waals surface area contributed by atoms with Gasteiger partial charge in [0.05, 0.1) is 19.8 Å². The maximum Gasteiger partial charge on any atom is 0.348 e. The Morgan fingerprint density at radius 2 is 1.74 bits per heavy atom. The van der Waals surface area contributed by atoms with Crippen LogP contribution in [0.15, 0.2) is 4.21 Å². The van der Waals surface area contributed by atoms with Crippen LogP contribution in [-0.4, -0.2) is 41.1 Å². The molecular formula is C14H21NO6S2. The molecule has 23 heavy (non-hydrogen) atoms. The molecule has 1 aromatic rings. The highest BCUT2D eigenvalue weighted by molar-refractivity contribution is 7.91. The van der Waals surface area contributed by atoms with Gasteiger partial charge in [0, 0.05) is 6.54 Å². The van der Waals surface area contributed by atoms with Crippen molar-refractivity contribution in [1.82, 2.24) is 4.72 Å². The Kier molecular flexibility index (Phi) is 6.72. The molecule has 0 radical (unpaired) electrons. The van der Waals surface area contributed by atoms with Crippen molar-refractivity contribution in [1.29, 1.82) is 0 Å². The molecule has 0 aromatic carbocycles. The van der Waals surface area contributed by atoms with E-state index in [1.165, 1.54) is 14.0 Å². The summed E-state index contributed by atoms with van der Waals surface area (Å²) in [6, 6.07) is 0. The van der Waals surface area contributed by atoms with E-state index in [1.54, 1.807) is 0 Å². The van der Waals surface area contributed by atoms with Gasteiger partial charge in [-0.3, -0.25) is 0 Å². The molecule has 0 bridgehead atoms. The molecule has 0 atom stereocenters. The summed E-state index contributed by atoms with van der Waals surface area (Å²) < 4.78 is 36.4. The number of ether oxygens (including phenoxy) is 2. The van der Waals surface area contributed by atoms with Crippen LogP contribution in [0.4, 0.5) is 0 Å². The first-order valence-electron chi connectivity index (χ1n) is 6.95. The molecule has 0 unspecified atom stereocenters. The zero-order chi connectivity index (χ0) is 17.8. The molecule has 130 valence electrons. The largest absolute Gasteiger partial charge is 0.465 e. The standard InChI is InChI=1S/C14H21NO6S2/c1-8(2)6-7-15-23(18,19)14-10(12(16)20-4)9(3)11(22-14)13(17)21-5/h8,15H,6-7H2,1-5H3. The molecule has 9 heteroatoms. The second kappa shape index (κ2) is 7.89. The lowest BCUT2D eigenvalue weighted by atomic mass is 10.1. The number of carbonyl (C=O) groups excluding carboxylic acids is 2. The van der Waals surface area contributed by atoms with Crippen molar-refractivity contribution in [3.8, 4) is 0 Å². The van der Waals surface area contributed by atoms with E-state index < -0.39 is 22.0 Å². The fourth-order valence-electron chi connectivity index (χ4n) is 1.85. The van der Waals surface area contributed by atoms with Gasteiger partial charge < -0.3 is 9.47 Å². The van der Waals surface area contributed by atoms with Crippen LogP contribution in [0.3, 0.4) is 0 Å². The van der Waals surface area contributed by atoms with Crippen molar-refractivity contribution in [2.24, 2.45) is 5.92 Å². The van der Waals surface area contributed by atoms with Gasteiger partial charge >= 0.3 is 11.9 Å². The molecule has 0 aliphatic carbocycles. The van der Waals surface area contributed by atoms with Gasteiger partial charge in [0.1, 0.15) is 4.88 Å². The molecule has 0 fully saturated rings. The summed E-state index contributed by atoms with van der Waals surface area (Å²) in [5.41, 5.74) is 0.105. The lowest BCUT2D eigenvalue weighted by molar-refractivity contribution is 0.0596. The summed E-state index contributed by atoms with van der Waals surface area (Å²) in [5, 5.41) is 0. The number of hydrogen-bond donors (Lipinski definition) is 1. The fraction of sp³-hybridized carbons (Fsp3) is 0.571. The topological polar surface area (TPSA) is 98.8 Å². The van der Waals surface area contributed by atoms with Crippen LogP contribution in [0, 0.1) is 12.8 Å². The molecule has 0 aliphatic heterocycles. The zero-order valence-corrected chi connectivity index (χ0v) is 15.4. The second-order valence-electron chi connectivity index (χ2n) is 5.28. The minimum Gasteiger partial charge on any atom is -0.465 e. The predicted molar refractivity (Wildman–Crippen MR) is 86.4 cm³/mol. The van der Waals surface area contributed by atoms with Crippen LogP contribution in [0.2, 0.25) is 0 Å². The quantitative estimate of drug-likeness (QED) is 0.744. The zero-order valence-electron chi connectivity index (χ0n) is 13.8. The van der Waals surface area contributed by atoms with Gasteiger partial charge in [-0.2, -0.15) is 0 Å². The molecule has 1 heterocycles. The first kappa shape index (κ1) is 19.6. The Morgan fingerprint density at radius 3 is 2.22 bits per heavy atom. The van der Waals surface area contributed by atoms with E-state index >= 15 is 0 Å². The normalized spacial score (nSPS) is 11.6. The van der Waals surface area contributed by atoms with Crippen LogP contribution in [0.25, 0.3) is 0 Å². The number of rotatable bonds is 7. The number of nitrogens with one attached hydrogen (secondary N) is 1. The average Bonchev–Trinajstić information content (AvgIpc) is 2.83. The minimum absolute atomic E-state index is 0.0668. The molecule has 7 nitrogen and oxygen atoms in total. The fourth-order valence-corrected chi connectivity index (χ4v) is 4.68. The van der Waals surface area contributed by atoms with E-state index in [2.05, 4.69) is 14.2 Å². The SMILES string of the molecule is COC(=O)c1sc(S(=O)(=O)NCCC(C)C)c(C(=O)OC)c1C. The van der Waals surface area contributed by atoms with E-state index in [0.717, 1.165) is 7.11 Å². The van der Waals surface area contributed by atoms with Crippen LogP contribution >= 0.6 is 11.3 Å². The van der Waals surface area contributed by atoms with E-state index in [0.29, 0.717) is 23.7 Å². The number of thiophene rings is 1. The Hall–Kier alpha value is -1.45. The van der Waals surface area contributed by atoms with Crippen molar-refractivity contribution in [2.75, 3.05) is 20.8 Å². The highest BCUT2D eigenvalue weighted by Crippen LogP contribution is 2.33. The van der Waals surface area contributed by atoms with Gasteiger partial charge in [0.2, 0.25) is 0 Å². The third kappa shape index (κ3) is 4.52. The second-order valence-corrected chi connectivity index (χ2v) is 8.26. The Bertz CT molecular complexity index is 690. The number of methoxy groups -OCH3 is 2. The van der Waals surface area contributed by atoms with Gasteiger partial charge in [-0.15, -0.1) is 11.3 Å². The number of carbonyl (C=O) groups is 2. The summed E-state index contributed by atoms with van der Waals surface area (Å²) in [4.78, 5) is 23.8. The molecule has 0 aliphatic rings. The van der Waals surface area contributed by atoms with E-state index in [1.807, 2.05) is 13.8 Å². The maximum absolute atomic E-state index is 12.5. The van der Waals surface area contributed by atoms with E-state index in [-0.39, 0.29) is 26.8 Å². The highest BCUT2D eigenvalue weighted by Gasteiger charge is 2.32. The van der Waals surface area contributed by atoms with Crippen molar-refractivity contribution >= 4 is 33.3 Å². The molecule has 1 N–H and O–H groups in total. The van der Waals surface area contributed by atoms with Gasteiger partial charge in [-0.05, 0) is 24.8 Å². The Balaban J connectivity index is 3.33. The third-order valence-electron chi connectivity index (χ3n) is 3.13. The van der Waals surface area contributed by atoms with Gasteiger partial charge in [0.15, 0.2) is 4.21 Å². The first-order chi connectivity index (χ1) is 10.7. The molecule has 0 saturated heterocycles. The molecule has 0 amide bonds. The van der Waals surface area contributed by atoms with Crippen molar-refractivity contribution < 1.29 is 27.5 Å². The average molecular weight is 363 g/mol. The molecule has 0 saturated carbocycles. The molecule has 0 spiro atoms. The third-order valence-corrected chi connectivity index (χ3v) is 6.38. The van der Waals surface area contributed by atoms with Crippen LogP contribution < -0.4 is 4.72 Å². The van der Waals surface area contributed by atoms with Crippen LogP contribution in [0.1, 0.15) is 45.9 Å². The summed E-state index contributed by atoms with van der Waals surface area (Å²) in [7, 11) is -1.58. The number of esters is 2. The smallest absolute Gasteiger partial charge is 0.348 e. The van der Waals surface area contributed by atoms with Crippen LogP contribution in [-0.2, 0) is 19.5 Å². The number of sulfonamides is 1. The van der Waals surface area contributed by atoms with Crippen molar-refractivity contribution in [3.63, 3.8) is 0 Å². The summed E-state index contributed by atoms with van der Waals surface area (Å²) in [6.07, 6.45) is 0.654. The highest BCUT2D eigenvalue weighted by atomic mass is 32.2. The minimum atomic E-state index is -3.93. The molecule has 1 rings (SSSR count). The lowest BCUT2D eigenvalue weighted by Gasteiger charge is -2.08. The number of hydrogen-bond acceptors (Lipinski definition) is 7. The summed E-state index contributed by atoms with van der Waals surface area (Å²) >= 11 is 0.702. The van der Waals surface area contributed by atoms with Gasteiger partial charge in [-0.25, -0.2) is 22.7 Å². The first-order valence-corrected chi connectivity index (χ1v) is 9.25. The van der Waals surface area contributed by atoms with E-state index in [9.17, 15) is 18.0 Å². The maximum atomic E-state index is 12.5. The predicted octanol–water partition coefficient (Wildman–Crippen LogP) is 1.95. The van der Waals surface area contributed by atoms with Crippen LogP contribution in [0.5, 0.6) is 0 Å². The summed E-state index contributed by atoms with van der Waals surface area (Å²) in [5.74, 6) is -1.17. The monoisotopic (exact) mass is 363 g/mol. The van der Waals surface area contributed by atoms with Gasteiger partial charge in [0.25, 0.3) is 10.0 Å². The summed E-state index contributed by atoms with van der Waals surface area (Å²) in [6.45, 7) is 5.67. The van der Waals surface area contributed by atoms with E-state index in [4.69, 9.17) is 0 Å².